The summed E-state index contributed by atoms with van der Waals surface area (Å²) < 4.78 is 10.3. The quantitative estimate of drug-likeness (QED) is 0.837. The molecule has 22 heavy (non-hydrogen) atoms. The lowest BCUT2D eigenvalue weighted by Gasteiger charge is -2.15. The molecule has 6 nitrogen and oxygen atoms in total. The van der Waals surface area contributed by atoms with E-state index in [1.165, 1.54) is 25.3 Å². The van der Waals surface area contributed by atoms with Crippen molar-refractivity contribution in [3.05, 3.63) is 52.4 Å². The zero-order valence-electron chi connectivity index (χ0n) is 11.4. The summed E-state index contributed by atoms with van der Waals surface area (Å²) in [4.78, 5) is 23.4. The van der Waals surface area contributed by atoms with Crippen LogP contribution in [0.5, 0.6) is 5.75 Å². The Bertz CT molecular complexity index is 673. The van der Waals surface area contributed by atoms with Crippen LogP contribution in [-0.4, -0.2) is 17.9 Å². The molecule has 1 heterocycles. The third-order valence-corrected chi connectivity index (χ3v) is 3.14. The molecule has 0 unspecified atom stereocenters. The molecule has 1 aromatic heterocycles. The highest BCUT2D eigenvalue weighted by molar-refractivity contribution is 6.35. The van der Waals surface area contributed by atoms with E-state index in [0.717, 1.165) is 0 Å². The molecule has 0 bridgehead atoms. The summed E-state index contributed by atoms with van der Waals surface area (Å²) >= 11 is 11.7. The summed E-state index contributed by atoms with van der Waals surface area (Å²) in [5, 5.41) is 0.743. The Morgan fingerprint density at radius 3 is 2.64 bits per heavy atom. The van der Waals surface area contributed by atoms with E-state index in [-0.39, 0.29) is 10.8 Å². The highest BCUT2D eigenvalue weighted by Crippen LogP contribution is 2.28. The van der Waals surface area contributed by atoms with Crippen LogP contribution in [0.25, 0.3) is 0 Å². The van der Waals surface area contributed by atoms with E-state index in [0.29, 0.717) is 10.8 Å². The van der Waals surface area contributed by atoms with Gasteiger partial charge in [-0.1, -0.05) is 23.2 Å². The SMILES string of the molecule is C[C@@H](Oc1ccc(Cl)cc1Cl)C(=O)NNC(=O)c1ccco1. The smallest absolute Gasteiger partial charge is 0.305 e. The van der Waals surface area contributed by atoms with E-state index in [2.05, 4.69) is 10.9 Å². The molecule has 2 amide bonds. The molecule has 0 fully saturated rings. The van der Waals surface area contributed by atoms with Gasteiger partial charge in [-0.05, 0) is 37.3 Å². The second-order valence-corrected chi connectivity index (χ2v) is 5.10. The lowest BCUT2D eigenvalue weighted by molar-refractivity contribution is -0.128. The number of benzene rings is 1. The molecule has 0 aliphatic carbocycles. The fourth-order valence-electron chi connectivity index (χ4n) is 1.50. The molecule has 0 aliphatic heterocycles. The second kappa shape index (κ2) is 7.20. The van der Waals surface area contributed by atoms with Gasteiger partial charge in [0.05, 0.1) is 11.3 Å². The highest BCUT2D eigenvalue weighted by atomic mass is 35.5. The maximum atomic E-state index is 11.8. The number of halogens is 2. The molecule has 8 heteroatoms. The summed E-state index contributed by atoms with van der Waals surface area (Å²) in [6, 6.07) is 7.67. The zero-order valence-corrected chi connectivity index (χ0v) is 12.9. The van der Waals surface area contributed by atoms with Crippen molar-refractivity contribution in [2.24, 2.45) is 0 Å². The van der Waals surface area contributed by atoms with E-state index in [1.807, 2.05) is 0 Å². The maximum absolute atomic E-state index is 11.8. The standard InChI is InChI=1S/C14H12Cl2N2O4/c1-8(22-11-5-4-9(15)7-10(11)16)13(19)17-18-14(20)12-3-2-6-21-12/h2-8H,1H3,(H,17,19)(H,18,20)/t8-/m1/s1. The van der Waals surface area contributed by atoms with Crippen LogP contribution < -0.4 is 15.6 Å². The third-order valence-electron chi connectivity index (χ3n) is 2.61. The van der Waals surface area contributed by atoms with Crippen LogP contribution in [-0.2, 0) is 4.79 Å². The number of carbonyl (C=O) groups is 2. The number of hydrogen-bond acceptors (Lipinski definition) is 4. The summed E-state index contributed by atoms with van der Waals surface area (Å²) in [7, 11) is 0. The predicted octanol–water partition coefficient (Wildman–Crippen LogP) is 2.81. The fraction of sp³-hybridized carbons (Fsp3) is 0.143. The molecule has 1 atom stereocenters. The van der Waals surface area contributed by atoms with Crippen LogP contribution in [0.15, 0.2) is 41.0 Å². The van der Waals surface area contributed by atoms with Crippen molar-refractivity contribution in [3.8, 4) is 5.75 Å². The van der Waals surface area contributed by atoms with Crippen molar-refractivity contribution in [1.82, 2.24) is 10.9 Å². The van der Waals surface area contributed by atoms with E-state index in [1.54, 1.807) is 18.2 Å². The van der Waals surface area contributed by atoms with Crippen molar-refractivity contribution in [2.75, 3.05) is 0 Å². The average Bonchev–Trinajstić information content (AvgIpc) is 3.01. The fourth-order valence-corrected chi connectivity index (χ4v) is 1.96. The van der Waals surface area contributed by atoms with Crippen LogP contribution in [0.3, 0.4) is 0 Å². The van der Waals surface area contributed by atoms with Crippen molar-refractivity contribution in [3.63, 3.8) is 0 Å². The first kappa shape index (κ1) is 16.2. The van der Waals surface area contributed by atoms with Crippen molar-refractivity contribution in [1.29, 1.82) is 0 Å². The number of nitrogens with one attached hydrogen (secondary N) is 2. The van der Waals surface area contributed by atoms with Gasteiger partial charge in [-0.2, -0.15) is 0 Å². The zero-order chi connectivity index (χ0) is 16.1. The molecule has 0 aliphatic rings. The highest BCUT2D eigenvalue weighted by Gasteiger charge is 2.17. The first-order valence-electron chi connectivity index (χ1n) is 6.23. The van der Waals surface area contributed by atoms with Gasteiger partial charge in [0, 0.05) is 5.02 Å². The first-order valence-corrected chi connectivity index (χ1v) is 6.98. The molecule has 0 saturated carbocycles. The second-order valence-electron chi connectivity index (χ2n) is 4.26. The number of furan rings is 1. The van der Waals surface area contributed by atoms with Gasteiger partial charge in [-0.15, -0.1) is 0 Å². The van der Waals surface area contributed by atoms with Gasteiger partial charge in [0.2, 0.25) is 0 Å². The minimum Gasteiger partial charge on any atom is -0.479 e. The van der Waals surface area contributed by atoms with Crippen LogP contribution in [0, 0.1) is 0 Å². The lowest BCUT2D eigenvalue weighted by atomic mass is 10.3. The van der Waals surface area contributed by atoms with E-state index >= 15 is 0 Å². The van der Waals surface area contributed by atoms with Gasteiger partial charge >= 0.3 is 5.91 Å². The van der Waals surface area contributed by atoms with Gasteiger partial charge in [0.1, 0.15) is 5.75 Å². The van der Waals surface area contributed by atoms with Crippen molar-refractivity contribution >= 4 is 35.0 Å². The van der Waals surface area contributed by atoms with Gasteiger partial charge in [-0.3, -0.25) is 20.4 Å². The number of hydrogen-bond donors (Lipinski definition) is 2. The molecule has 1 aromatic carbocycles. The Hall–Kier alpha value is -2.18. The lowest BCUT2D eigenvalue weighted by Crippen LogP contribution is -2.47. The topological polar surface area (TPSA) is 80.6 Å². The average molecular weight is 343 g/mol. The molecule has 0 spiro atoms. The Labute approximate surface area is 136 Å². The van der Waals surface area contributed by atoms with Crippen LogP contribution in [0.1, 0.15) is 17.5 Å². The largest absolute Gasteiger partial charge is 0.479 e. The minimum atomic E-state index is -0.879. The van der Waals surface area contributed by atoms with Crippen LogP contribution in [0.4, 0.5) is 0 Å². The summed E-state index contributed by atoms with van der Waals surface area (Å²) in [5.41, 5.74) is 4.44. The monoisotopic (exact) mass is 342 g/mol. The normalized spacial score (nSPS) is 11.6. The minimum absolute atomic E-state index is 0.0783. The summed E-state index contributed by atoms with van der Waals surface area (Å²) in [6.45, 7) is 1.51. The van der Waals surface area contributed by atoms with Crippen LogP contribution >= 0.6 is 23.2 Å². The number of rotatable bonds is 4. The van der Waals surface area contributed by atoms with Gasteiger partial charge in [0.15, 0.2) is 11.9 Å². The van der Waals surface area contributed by atoms with Gasteiger partial charge < -0.3 is 9.15 Å². The van der Waals surface area contributed by atoms with Gasteiger partial charge in [0.25, 0.3) is 5.91 Å². The number of ether oxygens (including phenoxy) is 1. The number of carbonyl (C=O) groups excluding carboxylic acids is 2. The number of hydrazine groups is 1. The molecule has 2 aromatic rings. The molecule has 2 N–H and O–H groups in total. The molecular formula is C14H12Cl2N2O4. The first-order chi connectivity index (χ1) is 10.5. The Morgan fingerprint density at radius 2 is 2.00 bits per heavy atom. The Balaban J connectivity index is 1.88. The predicted molar refractivity (Wildman–Crippen MR) is 80.9 cm³/mol. The Morgan fingerprint density at radius 1 is 1.23 bits per heavy atom. The van der Waals surface area contributed by atoms with E-state index < -0.39 is 17.9 Å². The molecular weight excluding hydrogens is 331 g/mol. The molecule has 116 valence electrons. The Kier molecular flexibility index (Phi) is 5.30. The van der Waals surface area contributed by atoms with E-state index in [4.69, 9.17) is 32.4 Å². The van der Waals surface area contributed by atoms with Crippen molar-refractivity contribution < 1.29 is 18.7 Å². The third kappa shape index (κ3) is 4.16. The summed E-state index contributed by atoms with van der Waals surface area (Å²) in [5.74, 6) is -0.735. The van der Waals surface area contributed by atoms with Crippen LogP contribution in [0.2, 0.25) is 10.0 Å². The molecule has 0 saturated heterocycles. The van der Waals surface area contributed by atoms with Gasteiger partial charge in [-0.25, -0.2) is 0 Å². The molecule has 2 rings (SSSR count). The number of amides is 2. The summed E-state index contributed by atoms with van der Waals surface area (Å²) in [6.07, 6.45) is 0.473. The van der Waals surface area contributed by atoms with E-state index in [9.17, 15) is 9.59 Å². The van der Waals surface area contributed by atoms with Crippen molar-refractivity contribution in [2.45, 2.75) is 13.0 Å². The maximum Gasteiger partial charge on any atom is 0.305 e. The molecule has 0 radical (unpaired) electrons.